The van der Waals surface area contributed by atoms with Crippen LogP contribution in [0.2, 0.25) is 5.28 Å². The summed E-state index contributed by atoms with van der Waals surface area (Å²) in [5.41, 5.74) is 0. The van der Waals surface area contributed by atoms with Crippen molar-refractivity contribution in [1.82, 2.24) is 39.3 Å². The Bertz CT molecular complexity index is 565. The third-order valence-electron chi connectivity index (χ3n) is 1.94. The second-order valence-corrected chi connectivity index (χ2v) is 3.35. The third kappa shape index (κ3) is 1.85. The van der Waals surface area contributed by atoms with Crippen LogP contribution in [0.4, 0.5) is 0 Å². The number of aromatic nitrogens is 8. The normalized spacial score (nSPS) is 10.6. The van der Waals surface area contributed by atoms with Crippen molar-refractivity contribution in [3.05, 3.63) is 36.7 Å². The minimum Gasteiger partial charge on any atom is -0.274 e. The molecule has 0 bridgehead atoms. The van der Waals surface area contributed by atoms with Crippen LogP contribution in [0, 0.1) is 0 Å². The van der Waals surface area contributed by atoms with Crippen LogP contribution in [0.25, 0.3) is 11.9 Å². The fourth-order valence-corrected chi connectivity index (χ4v) is 1.39. The van der Waals surface area contributed by atoms with Gasteiger partial charge in [0.2, 0.25) is 11.2 Å². The van der Waals surface area contributed by atoms with Gasteiger partial charge in [0.25, 0.3) is 5.95 Å². The predicted molar refractivity (Wildman–Crippen MR) is 56.9 cm³/mol. The Labute approximate surface area is 100.0 Å². The van der Waals surface area contributed by atoms with E-state index in [1.165, 1.54) is 17.3 Å². The highest BCUT2D eigenvalue weighted by Crippen LogP contribution is 2.08. The van der Waals surface area contributed by atoms with Crippen molar-refractivity contribution in [2.45, 2.75) is 0 Å². The Morgan fingerprint density at radius 1 is 1.00 bits per heavy atom. The van der Waals surface area contributed by atoms with E-state index in [2.05, 4.69) is 30.0 Å². The minimum absolute atomic E-state index is 0.0780. The molecule has 17 heavy (non-hydrogen) atoms. The summed E-state index contributed by atoms with van der Waals surface area (Å²) in [5.74, 6) is 0.666. The van der Waals surface area contributed by atoms with Crippen LogP contribution in [-0.2, 0) is 0 Å². The van der Waals surface area contributed by atoms with Crippen molar-refractivity contribution in [1.29, 1.82) is 0 Å². The van der Waals surface area contributed by atoms with Crippen molar-refractivity contribution < 1.29 is 0 Å². The van der Waals surface area contributed by atoms with Gasteiger partial charge in [-0.2, -0.15) is 24.7 Å². The zero-order chi connectivity index (χ0) is 11.7. The molecule has 3 heterocycles. The lowest BCUT2D eigenvalue weighted by molar-refractivity contribution is 0.772. The molecule has 3 aromatic rings. The van der Waals surface area contributed by atoms with E-state index in [-0.39, 0.29) is 5.28 Å². The molecule has 0 aliphatic rings. The molecular formula is C8H5ClN8. The monoisotopic (exact) mass is 248 g/mol. The second-order valence-electron chi connectivity index (χ2n) is 3.01. The molecule has 9 heteroatoms. The van der Waals surface area contributed by atoms with Gasteiger partial charge >= 0.3 is 0 Å². The molecule has 0 fully saturated rings. The zero-order valence-corrected chi connectivity index (χ0v) is 9.10. The molecule has 0 aromatic carbocycles. The standard InChI is InChI=1S/C8H5ClN8/c9-6-13-7(16-2-1-10-4-16)15-8(14-6)17-5-11-3-12-17/h1-5H. The van der Waals surface area contributed by atoms with E-state index in [1.54, 1.807) is 23.3 Å². The first-order chi connectivity index (χ1) is 8.33. The quantitative estimate of drug-likeness (QED) is 0.648. The van der Waals surface area contributed by atoms with Crippen molar-refractivity contribution in [2.75, 3.05) is 0 Å². The molecule has 0 spiro atoms. The second kappa shape index (κ2) is 3.91. The molecule has 0 aliphatic carbocycles. The number of hydrogen-bond acceptors (Lipinski definition) is 6. The van der Waals surface area contributed by atoms with Gasteiger partial charge in [0.1, 0.15) is 19.0 Å². The molecule has 84 valence electrons. The summed E-state index contributed by atoms with van der Waals surface area (Å²) in [5, 5.41) is 4.00. The molecule has 3 rings (SSSR count). The van der Waals surface area contributed by atoms with Gasteiger partial charge < -0.3 is 0 Å². The lowest BCUT2D eigenvalue weighted by Crippen LogP contribution is -2.08. The largest absolute Gasteiger partial charge is 0.274 e. The summed E-state index contributed by atoms with van der Waals surface area (Å²) < 4.78 is 3.02. The van der Waals surface area contributed by atoms with E-state index in [4.69, 9.17) is 11.6 Å². The van der Waals surface area contributed by atoms with Crippen LogP contribution in [0.15, 0.2) is 31.4 Å². The maximum Gasteiger partial charge on any atom is 0.258 e. The highest BCUT2D eigenvalue weighted by Gasteiger charge is 2.08. The van der Waals surface area contributed by atoms with Gasteiger partial charge in [0.05, 0.1) is 0 Å². The smallest absolute Gasteiger partial charge is 0.258 e. The Balaban J connectivity index is 2.13. The van der Waals surface area contributed by atoms with Crippen LogP contribution in [-0.4, -0.2) is 39.3 Å². The molecule has 8 nitrogen and oxygen atoms in total. The topological polar surface area (TPSA) is 87.2 Å². The predicted octanol–water partition coefficient (Wildman–Crippen LogP) is 0.291. The SMILES string of the molecule is Clc1nc(-n2ccnc2)nc(-n2cncn2)n1. The molecule has 3 aromatic heterocycles. The van der Waals surface area contributed by atoms with Crippen LogP contribution in [0.5, 0.6) is 0 Å². The van der Waals surface area contributed by atoms with E-state index in [0.717, 1.165) is 0 Å². The number of hydrogen-bond donors (Lipinski definition) is 0. The van der Waals surface area contributed by atoms with E-state index in [1.807, 2.05) is 0 Å². The third-order valence-corrected chi connectivity index (χ3v) is 2.11. The first-order valence-electron chi connectivity index (χ1n) is 4.58. The van der Waals surface area contributed by atoms with Gasteiger partial charge in [-0.25, -0.2) is 9.97 Å². The number of imidazole rings is 1. The molecule has 0 atom stereocenters. The van der Waals surface area contributed by atoms with Gasteiger partial charge in [-0.3, -0.25) is 4.57 Å². The highest BCUT2D eigenvalue weighted by molar-refractivity contribution is 6.28. The van der Waals surface area contributed by atoms with E-state index in [9.17, 15) is 0 Å². The summed E-state index contributed by atoms with van der Waals surface area (Å²) in [7, 11) is 0. The van der Waals surface area contributed by atoms with Crippen molar-refractivity contribution in [2.24, 2.45) is 0 Å². The molecular weight excluding hydrogens is 244 g/mol. The van der Waals surface area contributed by atoms with Crippen molar-refractivity contribution in [3.8, 4) is 11.9 Å². The van der Waals surface area contributed by atoms with Crippen LogP contribution in [0.1, 0.15) is 0 Å². The lowest BCUT2D eigenvalue weighted by Gasteiger charge is -2.03. The molecule has 0 amide bonds. The van der Waals surface area contributed by atoms with Gasteiger partial charge in [0.15, 0.2) is 0 Å². The molecule has 0 aliphatic heterocycles. The average Bonchev–Trinajstić information content (AvgIpc) is 3.02. The molecule has 0 unspecified atom stereocenters. The number of halogens is 1. The number of rotatable bonds is 2. The average molecular weight is 249 g/mol. The molecule has 0 saturated heterocycles. The van der Waals surface area contributed by atoms with Gasteiger partial charge in [-0.1, -0.05) is 0 Å². The molecule has 0 N–H and O–H groups in total. The van der Waals surface area contributed by atoms with Gasteiger partial charge in [0, 0.05) is 12.4 Å². The highest BCUT2D eigenvalue weighted by atomic mass is 35.5. The van der Waals surface area contributed by atoms with Gasteiger partial charge in [-0.05, 0) is 11.6 Å². The first-order valence-corrected chi connectivity index (χ1v) is 4.95. The summed E-state index contributed by atoms with van der Waals surface area (Å²) in [6.07, 6.45) is 7.75. The van der Waals surface area contributed by atoms with E-state index in [0.29, 0.717) is 11.9 Å². The molecule has 0 radical (unpaired) electrons. The molecule has 0 saturated carbocycles. The lowest BCUT2D eigenvalue weighted by atomic mass is 10.8. The van der Waals surface area contributed by atoms with Gasteiger partial charge in [-0.15, -0.1) is 0 Å². The zero-order valence-electron chi connectivity index (χ0n) is 8.34. The Kier molecular flexibility index (Phi) is 2.26. The fraction of sp³-hybridized carbons (Fsp3) is 0. The summed E-state index contributed by atoms with van der Waals surface area (Å²) in [4.78, 5) is 19.9. The van der Waals surface area contributed by atoms with Crippen LogP contribution < -0.4 is 0 Å². The first kappa shape index (κ1) is 9.85. The Hall–Kier alpha value is -2.35. The maximum atomic E-state index is 5.83. The minimum atomic E-state index is 0.0780. The number of nitrogens with zero attached hydrogens (tertiary/aromatic N) is 8. The summed E-state index contributed by atoms with van der Waals surface area (Å²) >= 11 is 5.83. The van der Waals surface area contributed by atoms with E-state index < -0.39 is 0 Å². The van der Waals surface area contributed by atoms with E-state index >= 15 is 0 Å². The summed E-state index contributed by atoms with van der Waals surface area (Å²) in [6, 6.07) is 0. The Morgan fingerprint density at radius 3 is 2.59 bits per heavy atom. The fourth-order valence-electron chi connectivity index (χ4n) is 1.24. The summed E-state index contributed by atoms with van der Waals surface area (Å²) in [6.45, 7) is 0. The maximum absolute atomic E-state index is 5.83. The van der Waals surface area contributed by atoms with Crippen molar-refractivity contribution >= 4 is 11.6 Å². The van der Waals surface area contributed by atoms with Crippen LogP contribution >= 0.6 is 11.6 Å². The van der Waals surface area contributed by atoms with Crippen molar-refractivity contribution in [3.63, 3.8) is 0 Å². The Morgan fingerprint density at radius 2 is 1.88 bits per heavy atom. The van der Waals surface area contributed by atoms with Crippen LogP contribution in [0.3, 0.4) is 0 Å².